The van der Waals surface area contributed by atoms with Crippen molar-refractivity contribution >= 4 is 11.8 Å². The molecular weight excluding hydrogens is 316 g/mol. The van der Waals surface area contributed by atoms with Gasteiger partial charge in [-0.05, 0) is 30.5 Å². The predicted molar refractivity (Wildman–Crippen MR) is 94.8 cm³/mol. The molecule has 1 aliphatic heterocycles. The Balaban J connectivity index is 1.62. The van der Waals surface area contributed by atoms with E-state index in [2.05, 4.69) is 5.32 Å². The highest BCUT2D eigenvalue weighted by Crippen LogP contribution is 2.22. The van der Waals surface area contributed by atoms with Crippen molar-refractivity contribution in [1.82, 2.24) is 10.2 Å². The van der Waals surface area contributed by atoms with Gasteiger partial charge < -0.3 is 14.6 Å². The van der Waals surface area contributed by atoms with E-state index in [1.54, 1.807) is 6.26 Å². The van der Waals surface area contributed by atoms with E-state index in [1.807, 2.05) is 47.4 Å². The zero-order valence-electron chi connectivity index (χ0n) is 14.3. The minimum atomic E-state index is -0.316. The second-order valence-electron chi connectivity index (χ2n) is 6.37. The average molecular weight is 340 g/mol. The molecule has 0 bridgehead atoms. The summed E-state index contributed by atoms with van der Waals surface area (Å²) in [6.07, 6.45) is 5.56. The molecule has 2 aromatic rings. The van der Waals surface area contributed by atoms with E-state index in [4.69, 9.17) is 4.42 Å². The van der Waals surface area contributed by atoms with Gasteiger partial charge in [0.1, 0.15) is 11.8 Å². The van der Waals surface area contributed by atoms with Crippen LogP contribution in [0.4, 0.5) is 0 Å². The third-order valence-electron chi connectivity index (χ3n) is 4.55. The molecule has 2 heterocycles. The molecule has 1 saturated heterocycles. The van der Waals surface area contributed by atoms with Gasteiger partial charge in [-0.2, -0.15) is 0 Å². The summed E-state index contributed by atoms with van der Waals surface area (Å²) in [6.45, 7) is 1.23. The van der Waals surface area contributed by atoms with Gasteiger partial charge in [-0.3, -0.25) is 9.59 Å². The zero-order valence-corrected chi connectivity index (χ0v) is 14.3. The third-order valence-corrected chi connectivity index (χ3v) is 4.55. The smallest absolute Gasteiger partial charge is 0.222 e. The van der Waals surface area contributed by atoms with Crippen LogP contribution in [0.2, 0.25) is 0 Å². The van der Waals surface area contributed by atoms with Crippen molar-refractivity contribution in [2.45, 2.75) is 38.1 Å². The Morgan fingerprint density at radius 1 is 1.12 bits per heavy atom. The van der Waals surface area contributed by atoms with Crippen LogP contribution in [0.25, 0.3) is 0 Å². The van der Waals surface area contributed by atoms with Crippen LogP contribution < -0.4 is 5.32 Å². The number of hydrogen-bond donors (Lipinski definition) is 1. The van der Waals surface area contributed by atoms with Crippen molar-refractivity contribution in [3.05, 3.63) is 60.1 Å². The number of furan rings is 1. The molecule has 2 amide bonds. The third kappa shape index (κ3) is 4.72. The monoisotopic (exact) mass is 340 g/mol. The van der Waals surface area contributed by atoms with E-state index in [0.29, 0.717) is 25.1 Å². The number of likely N-dealkylation sites (tertiary alicyclic amines) is 1. The van der Waals surface area contributed by atoms with Crippen LogP contribution in [0.5, 0.6) is 0 Å². The van der Waals surface area contributed by atoms with E-state index in [-0.39, 0.29) is 17.9 Å². The van der Waals surface area contributed by atoms with Crippen LogP contribution in [0.15, 0.2) is 53.1 Å². The molecule has 1 atom stereocenters. The normalized spacial score (nSPS) is 16.3. The van der Waals surface area contributed by atoms with Crippen LogP contribution in [-0.4, -0.2) is 29.8 Å². The van der Waals surface area contributed by atoms with Gasteiger partial charge >= 0.3 is 0 Å². The van der Waals surface area contributed by atoms with Gasteiger partial charge in [0.05, 0.1) is 6.26 Å². The second kappa shape index (κ2) is 8.51. The minimum absolute atomic E-state index is 0.0812. The maximum absolute atomic E-state index is 12.5. The fraction of sp³-hybridized carbons (Fsp3) is 0.400. The average Bonchev–Trinajstić information content (AvgIpc) is 3.09. The highest BCUT2D eigenvalue weighted by molar-refractivity contribution is 5.79. The van der Waals surface area contributed by atoms with Gasteiger partial charge in [0, 0.05) is 25.9 Å². The summed E-state index contributed by atoms with van der Waals surface area (Å²) >= 11 is 0. The van der Waals surface area contributed by atoms with Crippen molar-refractivity contribution in [1.29, 1.82) is 0 Å². The molecule has 3 rings (SSSR count). The zero-order chi connectivity index (χ0) is 17.5. The van der Waals surface area contributed by atoms with Crippen molar-refractivity contribution < 1.29 is 14.0 Å². The number of nitrogens with zero attached hydrogens (tertiary/aromatic N) is 1. The summed E-state index contributed by atoms with van der Waals surface area (Å²) in [4.78, 5) is 26.3. The first kappa shape index (κ1) is 17.3. The first-order valence-electron chi connectivity index (χ1n) is 8.89. The van der Waals surface area contributed by atoms with E-state index < -0.39 is 0 Å². The lowest BCUT2D eigenvalue weighted by atomic mass is 10.0. The van der Waals surface area contributed by atoms with Crippen LogP contribution in [-0.2, 0) is 9.59 Å². The maximum Gasteiger partial charge on any atom is 0.222 e. The molecule has 1 aliphatic rings. The Morgan fingerprint density at radius 2 is 1.96 bits per heavy atom. The Labute approximate surface area is 148 Å². The van der Waals surface area contributed by atoms with Crippen LogP contribution in [0.3, 0.4) is 0 Å². The number of rotatable bonds is 6. The quantitative estimate of drug-likeness (QED) is 0.878. The topological polar surface area (TPSA) is 62.6 Å². The summed E-state index contributed by atoms with van der Waals surface area (Å²) in [5.41, 5.74) is 0.969. The number of amides is 2. The number of nitrogens with one attached hydrogen (secondary N) is 1. The molecule has 1 fully saturated rings. The molecule has 0 spiro atoms. The first-order chi connectivity index (χ1) is 12.2. The van der Waals surface area contributed by atoms with E-state index in [0.717, 1.165) is 31.4 Å². The van der Waals surface area contributed by atoms with Gasteiger partial charge in [-0.25, -0.2) is 0 Å². The largest absolute Gasteiger partial charge is 0.467 e. The number of benzene rings is 1. The number of carbonyl (C=O) groups is 2. The maximum atomic E-state index is 12.5. The van der Waals surface area contributed by atoms with E-state index in [1.165, 1.54) is 0 Å². The molecule has 1 aromatic carbocycles. The minimum Gasteiger partial charge on any atom is -0.467 e. The van der Waals surface area contributed by atoms with Gasteiger partial charge in [0.25, 0.3) is 0 Å². The molecule has 0 saturated carbocycles. The Morgan fingerprint density at radius 3 is 2.72 bits per heavy atom. The summed E-state index contributed by atoms with van der Waals surface area (Å²) in [7, 11) is 0. The van der Waals surface area contributed by atoms with Crippen molar-refractivity contribution in [3.63, 3.8) is 0 Å². The molecule has 132 valence electrons. The summed E-state index contributed by atoms with van der Waals surface area (Å²) in [5.74, 6) is 0.781. The van der Waals surface area contributed by atoms with Gasteiger partial charge in [0.15, 0.2) is 0 Å². The molecule has 5 nitrogen and oxygen atoms in total. The predicted octanol–water partition coefficient (Wildman–Crippen LogP) is 3.28. The molecule has 0 aliphatic carbocycles. The molecular formula is C20H24N2O3. The highest BCUT2D eigenvalue weighted by Gasteiger charge is 2.21. The molecule has 1 N–H and O–H groups in total. The van der Waals surface area contributed by atoms with Crippen molar-refractivity contribution in [3.8, 4) is 0 Å². The lowest BCUT2D eigenvalue weighted by Crippen LogP contribution is -2.36. The van der Waals surface area contributed by atoms with E-state index in [9.17, 15) is 9.59 Å². The summed E-state index contributed by atoms with van der Waals surface area (Å²) < 4.78 is 5.50. The van der Waals surface area contributed by atoms with Crippen molar-refractivity contribution in [2.24, 2.45) is 0 Å². The Kier molecular flexibility index (Phi) is 5.88. The molecule has 0 unspecified atom stereocenters. The summed E-state index contributed by atoms with van der Waals surface area (Å²) in [5, 5.41) is 3.04. The molecule has 0 radical (unpaired) electrons. The molecule has 5 heteroatoms. The molecule has 1 aromatic heterocycles. The van der Waals surface area contributed by atoms with Gasteiger partial charge in [-0.1, -0.05) is 36.8 Å². The highest BCUT2D eigenvalue weighted by atomic mass is 16.3. The Bertz CT molecular complexity index is 682. The standard InChI is InChI=1S/C20H24N2O3/c23-18(12-14-22-13-6-2-5-11-19(22)24)21-20(17-10-7-15-25-17)16-8-3-1-4-9-16/h1,3-4,7-10,15,20H,2,5-6,11-14H2,(H,21,23)/t20-/m0/s1. The van der Waals surface area contributed by atoms with Crippen LogP contribution >= 0.6 is 0 Å². The first-order valence-corrected chi connectivity index (χ1v) is 8.89. The van der Waals surface area contributed by atoms with Crippen molar-refractivity contribution in [2.75, 3.05) is 13.1 Å². The second-order valence-corrected chi connectivity index (χ2v) is 6.37. The van der Waals surface area contributed by atoms with Crippen LogP contribution in [0.1, 0.15) is 49.5 Å². The Hall–Kier alpha value is -2.56. The van der Waals surface area contributed by atoms with Gasteiger partial charge in [-0.15, -0.1) is 0 Å². The lowest BCUT2D eigenvalue weighted by molar-refractivity contribution is -0.131. The molecule has 25 heavy (non-hydrogen) atoms. The van der Waals surface area contributed by atoms with Gasteiger partial charge in [0.2, 0.25) is 11.8 Å². The number of carbonyl (C=O) groups excluding carboxylic acids is 2. The fourth-order valence-corrected chi connectivity index (χ4v) is 3.16. The lowest BCUT2D eigenvalue weighted by Gasteiger charge is -2.21. The SMILES string of the molecule is O=C(CCN1CCCCCC1=O)N[C@@H](c1ccccc1)c1ccco1. The summed E-state index contributed by atoms with van der Waals surface area (Å²) in [6, 6.07) is 13.1. The van der Waals surface area contributed by atoms with Crippen LogP contribution in [0, 0.1) is 0 Å². The van der Waals surface area contributed by atoms with E-state index >= 15 is 0 Å². The number of hydrogen-bond acceptors (Lipinski definition) is 3. The fourth-order valence-electron chi connectivity index (χ4n) is 3.16.